The molecule has 0 aromatic carbocycles. The van der Waals surface area contributed by atoms with Crippen LogP contribution in [0.2, 0.25) is 0 Å². The lowest BCUT2D eigenvalue weighted by atomic mass is 9.85. The third-order valence-electron chi connectivity index (χ3n) is 7.01. The number of hydrogen-bond donors (Lipinski definition) is 4. The van der Waals surface area contributed by atoms with Crippen molar-refractivity contribution < 1.29 is 33.5 Å². The minimum absolute atomic E-state index is 0.216. The second-order valence-electron chi connectivity index (χ2n) is 11.2. The maximum absolute atomic E-state index is 13.7. The standard InChI is InChI=1S/C27H42N6O7/c1-7-16(20(35)24(40-6)29-8-2)31-26(39)32-21(27(3,4)5)25(38)33-13-9-10-18(33)23(37)30-17(14-15-11-12-15)19(34)22(28)36/h8,15-18,21H,2,7,9-14H2,1,3-6H3,(H2,28,36)(H,30,37)(H2,31,32,39)/t16?,17?,18-,21?/m0/s1. The molecule has 1 saturated carbocycles. The maximum atomic E-state index is 13.7. The Hall–Kier alpha value is -3.77. The Balaban J connectivity index is 2.17. The average Bonchev–Trinajstić information content (AvgIpc) is 3.57. The Bertz CT molecular complexity index is 1050. The zero-order chi connectivity index (χ0) is 30.2. The van der Waals surface area contributed by atoms with Crippen LogP contribution in [-0.4, -0.2) is 83.9 Å². The Kier molecular flexibility index (Phi) is 11.4. The van der Waals surface area contributed by atoms with E-state index in [2.05, 4.69) is 27.5 Å². The van der Waals surface area contributed by atoms with Crippen molar-refractivity contribution >= 4 is 41.2 Å². The zero-order valence-corrected chi connectivity index (χ0v) is 24.0. The smallest absolute Gasteiger partial charge is 0.316 e. The fourth-order valence-corrected chi connectivity index (χ4v) is 4.61. The van der Waals surface area contributed by atoms with E-state index in [0.29, 0.717) is 19.3 Å². The highest BCUT2D eigenvalue weighted by Gasteiger charge is 2.43. The van der Waals surface area contributed by atoms with Gasteiger partial charge in [-0.1, -0.05) is 47.1 Å². The third kappa shape index (κ3) is 8.62. The molecule has 0 aromatic rings. The van der Waals surface area contributed by atoms with Gasteiger partial charge in [-0.25, -0.2) is 9.79 Å². The quantitative estimate of drug-likeness (QED) is 0.143. The minimum atomic E-state index is -1.12. The summed E-state index contributed by atoms with van der Waals surface area (Å²) in [7, 11) is 1.28. The first kappa shape index (κ1) is 32.4. The second-order valence-corrected chi connectivity index (χ2v) is 11.2. The number of ketones is 2. The van der Waals surface area contributed by atoms with Crippen LogP contribution in [0.4, 0.5) is 4.79 Å². The van der Waals surface area contributed by atoms with Crippen molar-refractivity contribution in [1.29, 1.82) is 0 Å². The van der Waals surface area contributed by atoms with Crippen molar-refractivity contribution in [2.75, 3.05) is 13.7 Å². The third-order valence-corrected chi connectivity index (χ3v) is 7.01. The second kappa shape index (κ2) is 14.0. The van der Waals surface area contributed by atoms with Crippen LogP contribution in [-0.2, 0) is 28.7 Å². The normalized spacial score (nSPS) is 19.6. The fourth-order valence-electron chi connectivity index (χ4n) is 4.61. The van der Waals surface area contributed by atoms with Crippen LogP contribution in [0, 0.1) is 11.3 Å². The Labute approximate surface area is 234 Å². The average molecular weight is 563 g/mol. The summed E-state index contributed by atoms with van der Waals surface area (Å²) in [5, 5.41) is 7.87. The minimum Gasteiger partial charge on any atom is -0.478 e. The van der Waals surface area contributed by atoms with Gasteiger partial charge in [0.05, 0.1) is 19.2 Å². The number of aliphatic imine (C=N–C) groups is 1. The van der Waals surface area contributed by atoms with Gasteiger partial charge in [0.1, 0.15) is 12.1 Å². The number of nitrogens with zero attached hydrogens (tertiary/aromatic N) is 2. The molecule has 2 aliphatic rings. The Morgan fingerprint density at radius 1 is 1.05 bits per heavy atom. The number of carbonyl (C=O) groups excluding carboxylic acids is 6. The summed E-state index contributed by atoms with van der Waals surface area (Å²) in [6.45, 7) is 10.7. The van der Waals surface area contributed by atoms with E-state index in [1.165, 1.54) is 12.0 Å². The molecule has 5 amide bonds. The predicted octanol–water partition coefficient (Wildman–Crippen LogP) is 0.567. The van der Waals surface area contributed by atoms with E-state index >= 15 is 0 Å². The van der Waals surface area contributed by atoms with Crippen molar-refractivity contribution in [2.45, 2.75) is 90.4 Å². The fraction of sp³-hybridized carbons (Fsp3) is 0.667. The molecular formula is C27H42N6O7. The highest BCUT2D eigenvalue weighted by molar-refractivity contribution is 6.38. The molecule has 1 aliphatic heterocycles. The van der Waals surface area contributed by atoms with Gasteiger partial charge in [-0.15, -0.1) is 0 Å². The van der Waals surface area contributed by atoms with Crippen LogP contribution in [0.3, 0.4) is 0 Å². The Morgan fingerprint density at radius 2 is 1.70 bits per heavy atom. The molecule has 3 unspecified atom stereocenters. The van der Waals surface area contributed by atoms with E-state index in [0.717, 1.165) is 19.0 Å². The first-order chi connectivity index (χ1) is 18.7. The van der Waals surface area contributed by atoms with E-state index in [1.54, 1.807) is 27.7 Å². The van der Waals surface area contributed by atoms with Crippen LogP contribution in [0.1, 0.15) is 66.2 Å². The number of hydrogen-bond acceptors (Lipinski definition) is 8. The largest absolute Gasteiger partial charge is 0.478 e. The molecule has 2 fully saturated rings. The highest BCUT2D eigenvalue weighted by Crippen LogP contribution is 2.34. The molecule has 0 aromatic heterocycles. The van der Waals surface area contributed by atoms with Crippen LogP contribution in [0.5, 0.6) is 0 Å². The number of carbonyl (C=O) groups is 6. The number of rotatable bonds is 13. The number of amides is 5. The predicted molar refractivity (Wildman–Crippen MR) is 147 cm³/mol. The maximum Gasteiger partial charge on any atom is 0.316 e. The molecule has 1 aliphatic carbocycles. The van der Waals surface area contributed by atoms with Gasteiger partial charge in [0, 0.05) is 12.7 Å². The molecule has 13 heteroatoms. The van der Waals surface area contributed by atoms with Crippen molar-refractivity contribution in [1.82, 2.24) is 20.9 Å². The van der Waals surface area contributed by atoms with Gasteiger partial charge in [0.25, 0.3) is 11.8 Å². The number of likely N-dealkylation sites (tertiary alicyclic amines) is 1. The molecule has 5 N–H and O–H groups in total. The van der Waals surface area contributed by atoms with Gasteiger partial charge in [0.15, 0.2) is 0 Å². The highest BCUT2D eigenvalue weighted by atomic mass is 16.5. The van der Waals surface area contributed by atoms with Gasteiger partial charge in [-0.05, 0) is 37.0 Å². The molecule has 13 nitrogen and oxygen atoms in total. The number of ether oxygens (including phenoxy) is 1. The molecular weight excluding hydrogens is 520 g/mol. The monoisotopic (exact) mass is 562 g/mol. The summed E-state index contributed by atoms with van der Waals surface area (Å²) < 4.78 is 4.98. The van der Waals surface area contributed by atoms with Crippen LogP contribution < -0.4 is 21.7 Å². The molecule has 0 radical (unpaired) electrons. The van der Waals surface area contributed by atoms with Gasteiger partial charge in [-0.2, -0.15) is 0 Å². The number of primary amides is 1. The van der Waals surface area contributed by atoms with Crippen molar-refractivity contribution in [2.24, 2.45) is 22.1 Å². The first-order valence-corrected chi connectivity index (χ1v) is 13.5. The molecule has 1 saturated heterocycles. The van der Waals surface area contributed by atoms with Crippen LogP contribution in [0.15, 0.2) is 17.8 Å². The van der Waals surface area contributed by atoms with Gasteiger partial charge >= 0.3 is 6.03 Å². The van der Waals surface area contributed by atoms with Gasteiger partial charge in [0.2, 0.25) is 23.4 Å². The number of urea groups is 1. The summed E-state index contributed by atoms with van der Waals surface area (Å²) in [6, 6.07) is -4.69. The summed E-state index contributed by atoms with van der Waals surface area (Å²) in [6.07, 6.45) is 4.42. The molecule has 2 rings (SSSR count). The van der Waals surface area contributed by atoms with Crippen LogP contribution in [0.25, 0.3) is 0 Å². The number of nitrogens with one attached hydrogen (secondary N) is 3. The molecule has 0 spiro atoms. The number of nitrogens with two attached hydrogens (primary N) is 1. The summed E-state index contributed by atoms with van der Waals surface area (Å²) in [5.41, 5.74) is 4.42. The Morgan fingerprint density at radius 3 is 2.20 bits per heavy atom. The summed E-state index contributed by atoms with van der Waals surface area (Å²) >= 11 is 0. The van der Waals surface area contributed by atoms with Crippen molar-refractivity contribution in [3.8, 4) is 0 Å². The van der Waals surface area contributed by atoms with E-state index < -0.39 is 64.9 Å². The SMILES string of the molecule is C=CN=C(OC)C(=O)C(CC)NC(=O)NC(C(=O)N1CCC[C@H]1C(=O)NC(CC1CC1)C(=O)C(N)=O)C(C)(C)C. The molecule has 40 heavy (non-hydrogen) atoms. The number of Topliss-reactive ketones (excluding diaryl/α,β-unsaturated/α-hetero) is 2. The molecule has 4 atom stereocenters. The zero-order valence-electron chi connectivity index (χ0n) is 24.0. The molecule has 0 bridgehead atoms. The summed E-state index contributed by atoms with van der Waals surface area (Å²) in [5.74, 6) is -3.54. The van der Waals surface area contributed by atoms with Crippen molar-refractivity contribution in [3.05, 3.63) is 12.8 Å². The van der Waals surface area contributed by atoms with Crippen LogP contribution >= 0.6 is 0 Å². The molecule has 222 valence electrons. The summed E-state index contributed by atoms with van der Waals surface area (Å²) in [4.78, 5) is 81.6. The lowest BCUT2D eigenvalue weighted by Gasteiger charge is -2.36. The van der Waals surface area contributed by atoms with E-state index in [4.69, 9.17) is 10.5 Å². The molecule has 1 heterocycles. The van der Waals surface area contributed by atoms with Gasteiger partial charge < -0.3 is 31.3 Å². The van der Waals surface area contributed by atoms with E-state index in [1.807, 2.05) is 0 Å². The lowest BCUT2D eigenvalue weighted by molar-refractivity contribution is -0.143. The first-order valence-electron chi connectivity index (χ1n) is 13.5. The topological polar surface area (TPSA) is 189 Å². The number of methoxy groups -OCH3 is 1. The van der Waals surface area contributed by atoms with E-state index in [-0.39, 0.29) is 24.8 Å². The lowest BCUT2D eigenvalue weighted by Crippen LogP contribution is -2.61. The van der Waals surface area contributed by atoms with Crippen molar-refractivity contribution in [3.63, 3.8) is 0 Å². The van der Waals surface area contributed by atoms with E-state index in [9.17, 15) is 28.8 Å². The van der Waals surface area contributed by atoms with Gasteiger partial charge in [-0.3, -0.25) is 24.0 Å².